The zero-order valence-corrected chi connectivity index (χ0v) is 9.30. The lowest BCUT2D eigenvalue weighted by Gasteiger charge is -2.06. The minimum absolute atomic E-state index is 0.744. The maximum absolute atomic E-state index is 5.73. The van der Waals surface area contributed by atoms with E-state index in [0.717, 1.165) is 26.8 Å². The Bertz CT molecular complexity index is 482. The molecule has 0 aliphatic carbocycles. The molecule has 1 aromatic carbocycles. The zero-order valence-electron chi connectivity index (χ0n) is 7.71. The predicted molar refractivity (Wildman–Crippen MR) is 63.4 cm³/mol. The third kappa shape index (κ3) is 1.42. The molecule has 0 aliphatic heterocycles. The van der Waals surface area contributed by atoms with Crippen LogP contribution in [0.2, 0.25) is 0 Å². The summed E-state index contributed by atoms with van der Waals surface area (Å²) in [6, 6.07) is 5.78. The summed E-state index contributed by atoms with van der Waals surface area (Å²) >= 11 is 3.45. The van der Waals surface area contributed by atoms with Crippen molar-refractivity contribution >= 4 is 38.2 Å². The molecule has 0 spiro atoms. The first kappa shape index (κ1) is 9.27. The van der Waals surface area contributed by atoms with Gasteiger partial charge in [0.05, 0.1) is 0 Å². The van der Waals surface area contributed by atoms with Crippen molar-refractivity contribution in [3.8, 4) is 0 Å². The van der Waals surface area contributed by atoms with Crippen molar-refractivity contribution in [3.05, 3.63) is 28.9 Å². The van der Waals surface area contributed by atoms with Gasteiger partial charge in [0.2, 0.25) is 0 Å². The Kier molecular flexibility index (Phi) is 2.29. The Hall–Kier alpha value is -1.29. The second kappa shape index (κ2) is 3.46. The molecule has 0 radical (unpaired) electrons. The van der Waals surface area contributed by atoms with Crippen LogP contribution < -0.4 is 11.1 Å². The first-order valence-corrected chi connectivity index (χ1v) is 5.03. The van der Waals surface area contributed by atoms with E-state index in [1.165, 1.54) is 0 Å². The van der Waals surface area contributed by atoms with Crippen molar-refractivity contribution in [2.45, 2.75) is 0 Å². The molecule has 1 heterocycles. The molecule has 0 aliphatic rings. The quantitative estimate of drug-likeness (QED) is 0.767. The highest BCUT2D eigenvalue weighted by molar-refractivity contribution is 9.10. The third-order valence-corrected chi connectivity index (χ3v) is 2.73. The number of rotatable bonds is 1. The molecule has 14 heavy (non-hydrogen) atoms. The van der Waals surface area contributed by atoms with E-state index >= 15 is 0 Å². The summed E-state index contributed by atoms with van der Waals surface area (Å²) in [5, 5.41) is 5.18. The molecule has 72 valence electrons. The molecule has 0 saturated carbocycles. The number of fused-ring (bicyclic) bond motifs is 1. The fourth-order valence-corrected chi connectivity index (χ4v) is 1.87. The first-order valence-electron chi connectivity index (χ1n) is 4.24. The molecule has 0 amide bonds. The van der Waals surface area contributed by atoms with Gasteiger partial charge in [0.25, 0.3) is 0 Å². The van der Waals surface area contributed by atoms with Crippen LogP contribution in [-0.2, 0) is 0 Å². The average Bonchev–Trinajstić information content (AvgIpc) is 2.18. The molecule has 0 saturated heterocycles. The van der Waals surface area contributed by atoms with Crippen LogP contribution in [0, 0.1) is 0 Å². The zero-order chi connectivity index (χ0) is 10.1. The van der Waals surface area contributed by atoms with E-state index in [9.17, 15) is 0 Å². The van der Waals surface area contributed by atoms with Crippen molar-refractivity contribution in [1.82, 2.24) is 4.98 Å². The summed E-state index contributed by atoms with van der Waals surface area (Å²) in [5.41, 5.74) is 6.47. The highest BCUT2D eigenvalue weighted by atomic mass is 79.9. The van der Waals surface area contributed by atoms with Gasteiger partial charge in [-0.1, -0.05) is 6.07 Å². The Balaban J connectivity index is 2.85. The van der Waals surface area contributed by atoms with E-state index in [4.69, 9.17) is 5.73 Å². The van der Waals surface area contributed by atoms with Crippen LogP contribution >= 0.6 is 15.9 Å². The number of pyridine rings is 1. The van der Waals surface area contributed by atoms with E-state index < -0.39 is 0 Å². The number of anilines is 2. The topological polar surface area (TPSA) is 50.9 Å². The van der Waals surface area contributed by atoms with Gasteiger partial charge in [0, 0.05) is 34.2 Å². The van der Waals surface area contributed by atoms with E-state index in [2.05, 4.69) is 26.2 Å². The van der Waals surface area contributed by atoms with Gasteiger partial charge >= 0.3 is 0 Å². The molecule has 0 bridgehead atoms. The SMILES string of the molecule is CNc1ncc(Br)c2ccc(N)cc12. The summed E-state index contributed by atoms with van der Waals surface area (Å²) in [5.74, 6) is 0.843. The minimum Gasteiger partial charge on any atom is -0.399 e. The third-order valence-electron chi connectivity index (χ3n) is 2.10. The number of nitrogens with one attached hydrogen (secondary N) is 1. The number of benzene rings is 1. The Morgan fingerprint density at radius 1 is 1.36 bits per heavy atom. The second-order valence-electron chi connectivity index (χ2n) is 3.01. The van der Waals surface area contributed by atoms with Crippen molar-refractivity contribution in [3.63, 3.8) is 0 Å². The largest absolute Gasteiger partial charge is 0.399 e. The lowest BCUT2D eigenvalue weighted by Crippen LogP contribution is -1.94. The molecule has 3 nitrogen and oxygen atoms in total. The Morgan fingerprint density at radius 2 is 2.14 bits per heavy atom. The van der Waals surface area contributed by atoms with Gasteiger partial charge < -0.3 is 11.1 Å². The molecule has 2 aromatic rings. The smallest absolute Gasteiger partial charge is 0.133 e. The molecular formula is C10H10BrN3. The molecule has 0 fully saturated rings. The normalized spacial score (nSPS) is 10.4. The van der Waals surface area contributed by atoms with Gasteiger partial charge in [-0.15, -0.1) is 0 Å². The van der Waals surface area contributed by atoms with Crippen molar-refractivity contribution < 1.29 is 0 Å². The lowest BCUT2D eigenvalue weighted by molar-refractivity contribution is 1.30. The highest BCUT2D eigenvalue weighted by Crippen LogP contribution is 2.29. The number of nitrogens with zero attached hydrogens (tertiary/aromatic N) is 1. The number of halogens is 1. The van der Waals surface area contributed by atoms with E-state index in [1.807, 2.05) is 25.2 Å². The molecule has 2 rings (SSSR count). The van der Waals surface area contributed by atoms with Crippen molar-refractivity contribution in [1.29, 1.82) is 0 Å². The lowest BCUT2D eigenvalue weighted by atomic mass is 10.1. The summed E-state index contributed by atoms with van der Waals surface area (Å²) in [4.78, 5) is 4.25. The van der Waals surface area contributed by atoms with Crippen LogP contribution in [0.4, 0.5) is 11.5 Å². The number of nitrogen functional groups attached to an aromatic ring is 1. The first-order chi connectivity index (χ1) is 6.72. The van der Waals surface area contributed by atoms with Gasteiger partial charge in [-0.2, -0.15) is 0 Å². The Labute approximate surface area is 90.5 Å². The fraction of sp³-hybridized carbons (Fsp3) is 0.100. The van der Waals surface area contributed by atoms with Crippen molar-refractivity contribution in [2.24, 2.45) is 0 Å². The van der Waals surface area contributed by atoms with E-state index in [0.29, 0.717) is 0 Å². The van der Waals surface area contributed by atoms with Crippen LogP contribution in [0.15, 0.2) is 28.9 Å². The van der Waals surface area contributed by atoms with Crippen LogP contribution in [0.3, 0.4) is 0 Å². The monoisotopic (exact) mass is 251 g/mol. The summed E-state index contributed by atoms with van der Waals surface area (Å²) in [7, 11) is 1.85. The molecule has 0 atom stereocenters. The highest BCUT2D eigenvalue weighted by Gasteiger charge is 2.04. The standard InChI is InChI=1S/C10H10BrN3/c1-13-10-8-4-6(12)2-3-7(8)9(11)5-14-10/h2-5H,12H2,1H3,(H,13,14). The van der Waals surface area contributed by atoms with Crippen LogP contribution in [0.5, 0.6) is 0 Å². The van der Waals surface area contributed by atoms with Gasteiger partial charge in [0.1, 0.15) is 5.82 Å². The van der Waals surface area contributed by atoms with Crippen LogP contribution in [0.1, 0.15) is 0 Å². The average molecular weight is 252 g/mol. The van der Waals surface area contributed by atoms with E-state index in [-0.39, 0.29) is 0 Å². The van der Waals surface area contributed by atoms with Gasteiger partial charge in [-0.25, -0.2) is 4.98 Å². The minimum atomic E-state index is 0.744. The second-order valence-corrected chi connectivity index (χ2v) is 3.86. The Morgan fingerprint density at radius 3 is 2.86 bits per heavy atom. The van der Waals surface area contributed by atoms with Gasteiger partial charge in [0.15, 0.2) is 0 Å². The van der Waals surface area contributed by atoms with Gasteiger partial charge in [-0.3, -0.25) is 0 Å². The molecule has 0 unspecified atom stereocenters. The van der Waals surface area contributed by atoms with Crippen LogP contribution in [-0.4, -0.2) is 12.0 Å². The number of aromatic nitrogens is 1. The van der Waals surface area contributed by atoms with Crippen LogP contribution in [0.25, 0.3) is 10.8 Å². The maximum Gasteiger partial charge on any atom is 0.133 e. The summed E-state index contributed by atoms with van der Waals surface area (Å²) in [6.07, 6.45) is 1.78. The molecular weight excluding hydrogens is 242 g/mol. The maximum atomic E-state index is 5.73. The van der Waals surface area contributed by atoms with Gasteiger partial charge in [-0.05, 0) is 28.1 Å². The number of hydrogen-bond acceptors (Lipinski definition) is 3. The number of nitrogens with two attached hydrogens (primary N) is 1. The molecule has 1 aromatic heterocycles. The number of hydrogen-bond donors (Lipinski definition) is 2. The summed E-state index contributed by atoms with van der Waals surface area (Å²) < 4.78 is 0.978. The van der Waals surface area contributed by atoms with Crippen molar-refractivity contribution in [2.75, 3.05) is 18.1 Å². The molecule has 4 heteroatoms. The predicted octanol–water partition coefficient (Wildman–Crippen LogP) is 2.62. The van der Waals surface area contributed by atoms with E-state index in [1.54, 1.807) is 6.20 Å². The summed E-state index contributed by atoms with van der Waals surface area (Å²) in [6.45, 7) is 0. The molecule has 3 N–H and O–H groups in total. The fourth-order valence-electron chi connectivity index (χ4n) is 1.43.